The number of hydrogen-bond acceptors (Lipinski definition) is 8. The smallest absolute Gasteiger partial charge is 0.411 e. The summed E-state index contributed by atoms with van der Waals surface area (Å²) in [7, 11) is 1.25. The molecule has 1 saturated heterocycles. The first kappa shape index (κ1) is 28.1. The molecule has 3 amide bonds. The summed E-state index contributed by atoms with van der Waals surface area (Å²) >= 11 is 0. The molecule has 0 aliphatic carbocycles. The molecule has 1 fully saturated rings. The number of carboxylic acids is 1. The van der Waals surface area contributed by atoms with E-state index in [1.165, 1.54) is 24.1 Å². The number of carbonyl (C=O) groups excluding carboxylic acids is 4. The van der Waals surface area contributed by atoms with E-state index in [1.807, 2.05) is 4.90 Å². The van der Waals surface area contributed by atoms with Gasteiger partial charge in [0.1, 0.15) is 17.7 Å². The van der Waals surface area contributed by atoms with Crippen molar-refractivity contribution in [1.29, 1.82) is 0 Å². The standard InChI is InChI=1S/C26H35N3O8/c1-25(2,3)37-24(35)28-14-13-27(15-18(28)23(34)36-6)12-11-26(4,5)19(22(32)33)29-20(30)16-9-7-8-10-17(16)21(29)31/h7-10,18-19H,11-15H2,1-6H3,(H,32,33)/t18-,19?/m1/s1. The zero-order valence-electron chi connectivity index (χ0n) is 22.1. The van der Waals surface area contributed by atoms with E-state index < -0.39 is 52.9 Å². The second-order valence-electron chi connectivity index (χ2n) is 11.0. The summed E-state index contributed by atoms with van der Waals surface area (Å²) in [5, 5.41) is 10.1. The number of esters is 1. The Morgan fingerprint density at radius 1 is 1.03 bits per heavy atom. The second-order valence-corrected chi connectivity index (χ2v) is 11.0. The van der Waals surface area contributed by atoms with Gasteiger partial charge < -0.3 is 14.6 Å². The zero-order valence-corrected chi connectivity index (χ0v) is 22.1. The highest BCUT2D eigenvalue weighted by atomic mass is 16.6. The Labute approximate surface area is 216 Å². The first-order chi connectivity index (χ1) is 17.2. The number of imide groups is 1. The summed E-state index contributed by atoms with van der Waals surface area (Å²) < 4.78 is 10.4. The summed E-state index contributed by atoms with van der Waals surface area (Å²) in [6, 6.07) is 4.01. The fourth-order valence-electron chi connectivity index (χ4n) is 4.74. The first-order valence-electron chi connectivity index (χ1n) is 12.2. The lowest BCUT2D eigenvalue weighted by Gasteiger charge is -2.42. The van der Waals surface area contributed by atoms with Crippen LogP contribution in [0.1, 0.15) is 61.8 Å². The third-order valence-electron chi connectivity index (χ3n) is 6.70. The molecule has 202 valence electrons. The SMILES string of the molecule is COC(=O)[C@H]1CN(CCC(C)(C)C(C(=O)O)N2C(=O)c3ccccc3C2=O)CCN1C(=O)OC(C)(C)C. The third kappa shape index (κ3) is 5.93. The number of hydrogen-bond donors (Lipinski definition) is 1. The number of aliphatic carboxylic acids is 1. The molecule has 0 radical (unpaired) electrons. The summed E-state index contributed by atoms with van der Waals surface area (Å²) in [5.74, 6) is -3.11. The van der Waals surface area contributed by atoms with Crippen LogP contribution >= 0.6 is 0 Å². The Morgan fingerprint density at radius 3 is 2.08 bits per heavy atom. The molecule has 2 atom stereocenters. The Morgan fingerprint density at radius 2 is 1.59 bits per heavy atom. The lowest BCUT2D eigenvalue weighted by molar-refractivity contribution is -0.149. The van der Waals surface area contributed by atoms with Gasteiger partial charge in [-0.3, -0.25) is 24.3 Å². The fourth-order valence-corrected chi connectivity index (χ4v) is 4.74. The monoisotopic (exact) mass is 517 g/mol. The minimum absolute atomic E-state index is 0.173. The average Bonchev–Trinajstić information content (AvgIpc) is 3.06. The Bertz CT molecular complexity index is 1060. The van der Waals surface area contributed by atoms with Crippen LogP contribution in [0.4, 0.5) is 4.79 Å². The number of fused-ring (bicyclic) bond motifs is 1. The van der Waals surface area contributed by atoms with Gasteiger partial charge in [-0.1, -0.05) is 26.0 Å². The van der Waals surface area contributed by atoms with Crippen molar-refractivity contribution in [3.8, 4) is 0 Å². The molecule has 2 aliphatic heterocycles. The second kappa shape index (κ2) is 10.5. The molecule has 1 aromatic carbocycles. The molecule has 0 spiro atoms. The summed E-state index contributed by atoms with van der Waals surface area (Å²) in [6.07, 6.45) is -0.308. The summed E-state index contributed by atoms with van der Waals surface area (Å²) in [5.41, 5.74) is -1.35. The minimum Gasteiger partial charge on any atom is -0.480 e. The Kier molecular flexibility index (Phi) is 7.97. The van der Waals surface area contributed by atoms with E-state index >= 15 is 0 Å². The summed E-state index contributed by atoms with van der Waals surface area (Å²) in [4.78, 5) is 67.6. The zero-order chi connectivity index (χ0) is 27.7. The maximum absolute atomic E-state index is 13.0. The molecule has 2 heterocycles. The number of ether oxygens (including phenoxy) is 2. The highest BCUT2D eigenvalue weighted by molar-refractivity contribution is 6.22. The molecule has 11 nitrogen and oxygen atoms in total. The Hall–Kier alpha value is -3.47. The minimum atomic E-state index is -1.39. The lowest BCUT2D eigenvalue weighted by Crippen LogP contribution is -2.60. The molecule has 0 saturated carbocycles. The van der Waals surface area contributed by atoms with Crippen LogP contribution in [0, 0.1) is 5.41 Å². The fraction of sp³-hybridized carbons (Fsp3) is 0.577. The maximum Gasteiger partial charge on any atom is 0.411 e. The number of methoxy groups -OCH3 is 1. The molecular weight excluding hydrogens is 482 g/mol. The molecule has 11 heteroatoms. The van der Waals surface area contributed by atoms with Crippen LogP contribution in [0.5, 0.6) is 0 Å². The van der Waals surface area contributed by atoms with Crippen LogP contribution in [0.2, 0.25) is 0 Å². The van der Waals surface area contributed by atoms with Crippen molar-refractivity contribution in [3.05, 3.63) is 35.4 Å². The summed E-state index contributed by atoms with van der Waals surface area (Å²) in [6.45, 7) is 9.80. The van der Waals surface area contributed by atoms with Crippen molar-refractivity contribution >= 4 is 29.8 Å². The van der Waals surface area contributed by atoms with Crippen LogP contribution < -0.4 is 0 Å². The highest BCUT2D eigenvalue weighted by Crippen LogP contribution is 2.35. The number of benzene rings is 1. The van der Waals surface area contributed by atoms with E-state index in [0.717, 1.165) is 4.90 Å². The van der Waals surface area contributed by atoms with E-state index in [0.29, 0.717) is 19.5 Å². The largest absolute Gasteiger partial charge is 0.480 e. The van der Waals surface area contributed by atoms with Gasteiger partial charge in [-0.25, -0.2) is 14.4 Å². The number of piperazine rings is 1. The quantitative estimate of drug-likeness (QED) is 0.427. The molecule has 37 heavy (non-hydrogen) atoms. The van der Waals surface area contributed by atoms with Gasteiger partial charge in [-0.05, 0) is 51.3 Å². The van der Waals surface area contributed by atoms with E-state index in [4.69, 9.17) is 9.47 Å². The van der Waals surface area contributed by atoms with Gasteiger partial charge >= 0.3 is 18.0 Å². The van der Waals surface area contributed by atoms with Crippen molar-refractivity contribution in [1.82, 2.24) is 14.7 Å². The van der Waals surface area contributed by atoms with E-state index in [9.17, 15) is 29.1 Å². The van der Waals surface area contributed by atoms with Crippen LogP contribution in [0.25, 0.3) is 0 Å². The third-order valence-corrected chi connectivity index (χ3v) is 6.70. The van der Waals surface area contributed by atoms with Crippen molar-refractivity contribution < 1.29 is 38.6 Å². The number of rotatable bonds is 7. The van der Waals surface area contributed by atoms with Crippen LogP contribution in [0.3, 0.4) is 0 Å². The molecule has 0 bridgehead atoms. The average molecular weight is 518 g/mol. The van der Waals surface area contributed by atoms with Gasteiger partial charge in [0.15, 0.2) is 0 Å². The maximum atomic E-state index is 13.0. The highest BCUT2D eigenvalue weighted by Gasteiger charge is 2.49. The molecule has 2 aliphatic rings. The Balaban J connectivity index is 1.73. The van der Waals surface area contributed by atoms with E-state index in [-0.39, 0.29) is 24.2 Å². The molecule has 3 rings (SSSR count). The van der Waals surface area contributed by atoms with Gasteiger partial charge in [0.25, 0.3) is 11.8 Å². The van der Waals surface area contributed by atoms with Crippen molar-refractivity contribution in [3.63, 3.8) is 0 Å². The molecular formula is C26H35N3O8. The van der Waals surface area contributed by atoms with Gasteiger partial charge in [-0.15, -0.1) is 0 Å². The number of carbonyl (C=O) groups is 5. The number of nitrogens with zero attached hydrogens (tertiary/aromatic N) is 3. The van der Waals surface area contributed by atoms with Gasteiger partial charge in [-0.2, -0.15) is 0 Å². The molecule has 0 aromatic heterocycles. The van der Waals surface area contributed by atoms with E-state index in [1.54, 1.807) is 46.8 Å². The van der Waals surface area contributed by atoms with Gasteiger partial charge in [0.2, 0.25) is 0 Å². The van der Waals surface area contributed by atoms with Gasteiger partial charge in [0, 0.05) is 19.6 Å². The number of amides is 3. The predicted octanol–water partition coefficient (Wildman–Crippen LogP) is 2.25. The van der Waals surface area contributed by atoms with Crippen molar-refractivity contribution in [2.45, 2.75) is 58.7 Å². The molecule has 1 aromatic rings. The molecule has 1 unspecified atom stereocenters. The normalized spacial score (nSPS) is 19.5. The predicted molar refractivity (Wildman–Crippen MR) is 132 cm³/mol. The number of carboxylic acid groups (broad SMARTS) is 1. The van der Waals surface area contributed by atoms with Gasteiger partial charge in [0.05, 0.1) is 18.2 Å². The van der Waals surface area contributed by atoms with Crippen LogP contribution in [-0.4, -0.2) is 101 Å². The topological polar surface area (TPSA) is 134 Å². The first-order valence-corrected chi connectivity index (χ1v) is 12.2. The van der Waals surface area contributed by atoms with E-state index in [2.05, 4.69) is 0 Å². The van der Waals surface area contributed by atoms with Crippen molar-refractivity contribution in [2.75, 3.05) is 33.3 Å². The van der Waals surface area contributed by atoms with Crippen LogP contribution in [-0.2, 0) is 19.1 Å². The lowest BCUT2D eigenvalue weighted by atomic mass is 9.79. The van der Waals surface area contributed by atoms with Crippen molar-refractivity contribution in [2.24, 2.45) is 5.41 Å². The molecule has 1 N–H and O–H groups in total. The van der Waals surface area contributed by atoms with Crippen LogP contribution in [0.15, 0.2) is 24.3 Å².